The Labute approximate surface area is 201 Å². The molecule has 0 radical (unpaired) electrons. The van der Waals surface area contributed by atoms with Crippen molar-refractivity contribution in [2.75, 3.05) is 7.11 Å². The molecular weight excluding hydrogens is 452 g/mol. The molecule has 4 rings (SSSR count). The monoisotopic (exact) mass is 474 g/mol. The van der Waals surface area contributed by atoms with Crippen molar-refractivity contribution < 1.29 is 19.4 Å². The second kappa shape index (κ2) is 12.5. The maximum absolute atomic E-state index is 11.6. The van der Waals surface area contributed by atoms with E-state index in [0.717, 1.165) is 19.6 Å². The Balaban J connectivity index is 0.000000186. The fourth-order valence-corrected chi connectivity index (χ4v) is 4.71. The number of rotatable bonds is 6. The summed E-state index contributed by atoms with van der Waals surface area (Å²) >= 11 is 3.02. The number of carboxylic acids is 1. The van der Waals surface area contributed by atoms with Crippen LogP contribution in [0.5, 0.6) is 0 Å². The van der Waals surface area contributed by atoms with Crippen LogP contribution in [0.2, 0.25) is 0 Å². The molecule has 4 aromatic carbocycles. The van der Waals surface area contributed by atoms with Gasteiger partial charge in [0, 0.05) is 19.6 Å². The largest absolute Gasteiger partial charge is 0.478 e. The molecular formula is C27H22O4S2. The van der Waals surface area contributed by atoms with Crippen molar-refractivity contribution in [3.63, 3.8) is 0 Å². The third-order valence-corrected chi connectivity index (χ3v) is 6.52. The number of carboxylic acid groups (broad SMARTS) is 1. The molecule has 33 heavy (non-hydrogen) atoms. The third kappa shape index (κ3) is 7.27. The third-order valence-electron chi connectivity index (χ3n) is 4.35. The summed E-state index contributed by atoms with van der Waals surface area (Å²) in [5, 5.41) is 9.03. The number of benzene rings is 4. The molecule has 6 heteroatoms. The van der Waals surface area contributed by atoms with Crippen LogP contribution < -0.4 is 0 Å². The van der Waals surface area contributed by atoms with E-state index in [0.29, 0.717) is 11.1 Å². The van der Waals surface area contributed by atoms with Gasteiger partial charge in [0.25, 0.3) is 0 Å². The minimum Gasteiger partial charge on any atom is -0.478 e. The number of methoxy groups -OCH3 is 1. The number of esters is 1. The zero-order valence-electron chi connectivity index (χ0n) is 17.9. The molecule has 0 saturated heterocycles. The van der Waals surface area contributed by atoms with Crippen molar-refractivity contribution in [1.82, 2.24) is 0 Å². The van der Waals surface area contributed by atoms with Gasteiger partial charge in [-0.1, -0.05) is 84.2 Å². The molecule has 4 aromatic rings. The van der Waals surface area contributed by atoms with Crippen molar-refractivity contribution in [1.29, 1.82) is 0 Å². The van der Waals surface area contributed by atoms with Crippen molar-refractivity contribution in [3.05, 3.63) is 120 Å². The Morgan fingerprint density at radius 1 is 0.606 bits per heavy atom. The van der Waals surface area contributed by atoms with Gasteiger partial charge in [-0.05, 0) is 48.5 Å². The van der Waals surface area contributed by atoms with Crippen LogP contribution in [0.4, 0.5) is 0 Å². The van der Waals surface area contributed by atoms with E-state index in [4.69, 9.17) is 9.84 Å². The molecule has 1 N–H and O–H groups in total. The molecule has 0 heterocycles. The van der Waals surface area contributed by atoms with Crippen molar-refractivity contribution >= 4 is 35.5 Å². The van der Waals surface area contributed by atoms with E-state index < -0.39 is 5.97 Å². The van der Waals surface area contributed by atoms with E-state index in [9.17, 15) is 9.59 Å². The number of hydrogen-bond donors (Lipinski definition) is 1. The average Bonchev–Trinajstić information content (AvgIpc) is 2.86. The van der Waals surface area contributed by atoms with Crippen molar-refractivity contribution in [2.24, 2.45) is 0 Å². The van der Waals surface area contributed by atoms with Gasteiger partial charge in [-0.3, -0.25) is 0 Å². The summed E-state index contributed by atoms with van der Waals surface area (Å²) in [4.78, 5) is 26.4. The number of carbonyl (C=O) groups excluding carboxylic acids is 1. The molecule has 0 aromatic heterocycles. The molecule has 0 aliphatic carbocycles. The second-order valence-electron chi connectivity index (χ2n) is 6.62. The van der Waals surface area contributed by atoms with Crippen molar-refractivity contribution in [3.8, 4) is 0 Å². The fourth-order valence-electron chi connectivity index (χ4n) is 2.80. The summed E-state index contributed by atoms with van der Waals surface area (Å²) in [5.74, 6) is -1.19. The van der Waals surface area contributed by atoms with E-state index in [1.54, 1.807) is 30.0 Å². The lowest BCUT2D eigenvalue weighted by Crippen LogP contribution is -2.02. The van der Waals surface area contributed by atoms with Gasteiger partial charge >= 0.3 is 11.9 Å². The van der Waals surface area contributed by atoms with Crippen LogP contribution in [0.1, 0.15) is 20.7 Å². The Bertz CT molecular complexity index is 1190. The van der Waals surface area contributed by atoms with E-state index >= 15 is 0 Å². The van der Waals surface area contributed by atoms with Crippen LogP contribution in [-0.2, 0) is 4.74 Å². The summed E-state index contributed by atoms with van der Waals surface area (Å²) in [5.41, 5.74) is 0.945. The van der Waals surface area contributed by atoms with Gasteiger partial charge in [-0.25, -0.2) is 9.59 Å². The Morgan fingerprint density at radius 2 is 1.00 bits per heavy atom. The first-order valence-electron chi connectivity index (χ1n) is 10.0. The van der Waals surface area contributed by atoms with Crippen LogP contribution in [0.15, 0.2) is 129 Å². The minimum atomic E-state index is -0.890. The highest BCUT2D eigenvalue weighted by Gasteiger charge is 2.11. The molecule has 0 aliphatic rings. The summed E-state index contributed by atoms with van der Waals surface area (Å²) in [6.07, 6.45) is 0. The van der Waals surface area contributed by atoms with Gasteiger partial charge in [-0.2, -0.15) is 0 Å². The molecule has 0 amide bonds. The van der Waals surface area contributed by atoms with Crippen molar-refractivity contribution in [2.45, 2.75) is 19.6 Å². The minimum absolute atomic E-state index is 0.302. The van der Waals surface area contributed by atoms with Crippen LogP contribution >= 0.6 is 23.5 Å². The van der Waals surface area contributed by atoms with Gasteiger partial charge in [0.15, 0.2) is 0 Å². The summed E-state index contributed by atoms with van der Waals surface area (Å²) in [6.45, 7) is 0. The van der Waals surface area contributed by atoms with E-state index in [2.05, 4.69) is 0 Å². The van der Waals surface area contributed by atoms with Gasteiger partial charge in [0.1, 0.15) is 0 Å². The summed E-state index contributed by atoms with van der Waals surface area (Å²) in [7, 11) is 1.40. The number of carbonyl (C=O) groups is 2. The first-order chi connectivity index (χ1) is 16.1. The lowest BCUT2D eigenvalue weighted by molar-refractivity contribution is 0.0596. The average molecular weight is 475 g/mol. The van der Waals surface area contributed by atoms with E-state index in [-0.39, 0.29) is 5.97 Å². The van der Waals surface area contributed by atoms with Crippen LogP contribution in [0, 0.1) is 0 Å². The smallest absolute Gasteiger partial charge is 0.339 e. The molecule has 0 saturated carbocycles. The standard InChI is InChI=1S/C14H12O2S.C13H10O2S/c1-16-14(15)12-9-5-6-10-13(12)17-11-7-3-2-4-8-11;14-13(15)11-8-4-5-9-12(11)16-10-6-2-1-3-7-10/h2-10H,1H3;1-9H,(H,14,15). The summed E-state index contributed by atoms with van der Waals surface area (Å²) < 4.78 is 4.76. The predicted molar refractivity (Wildman–Crippen MR) is 132 cm³/mol. The quantitative estimate of drug-likeness (QED) is 0.299. The lowest BCUT2D eigenvalue weighted by Gasteiger charge is -2.06. The molecule has 0 bridgehead atoms. The van der Waals surface area contributed by atoms with Gasteiger partial charge < -0.3 is 9.84 Å². The van der Waals surface area contributed by atoms with E-state index in [1.165, 1.54) is 18.9 Å². The normalized spacial score (nSPS) is 9.97. The lowest BCUT2D eigenvalue weighted by atomic mass is 10.2. The number of aromatic carboxylic acids is 1. The van der Waals surface area contributed by atoms with Crippen LogP contribution in [0.3, 0.4) is 0 Å². The first kappa shape index (κ1) is 24.2. The SMILES string of the molecule is COC(=O)c1ccccc1Sc1ccccc1.O=C(O)c1ccccc1Sc1ccccc1. The molecule has 0 atom stereocenters. The molecule has 4 nitrogen and oxygen atoms in total. The maximum Gasteiger partial charge on any atom is 0.339 e. The van der Waals surface area contributed by atoms with E-state index in [1.807, 2.05) is 91.0 Å². The van der Waals surface area contributed by atoms with Gasteiger partial charge in [0.2, 0.25) is 0 Å². The number of hydrogen-bond acceptors (Lipinski definition) is 5. The first-order valence-corrected chi connectivity index (χ1v) is 11.7. The zero-order valence-corrected chi connectivity index (χ0v) is 19.5. The Morgan fingerprint density at radius 3 is 1.45 bits per heavy atom. The highest BCUT2D eigenvalue weighted by atomic mass is 32.2. The van der Waals surface area contributed by atoms with Gasteiger partial charge in [0.05, 0.1) is 18.2 Å². The molecule has 0 fully saturated rings. The van der Waals surface area contributed by atoms with Crippen LogP contribution in [-0.4, -0.2) is 24.2 Å². The number of ether oxygens (including phenoxy) is 1. The molecule has 166 valence electrons. The fraction of sp³-hybridized carbons (Fsp3) is 0.0370. The zero-order chi connectivity index (χ0) is 23.5. The Kier molecular flexibility index (Phi) is 9.18. The maximum atomic E-state index is 11.6. The second-order valence-corrected chi connectivity index (χ2v) is 8.85. The molecule has 0 aliphatic heterocycles. The highest BCUT2D eigenvalue weighted by molar-refractivity contribution is 7.99. The summed E-state index contributed by atoms with van der Waals surface area (Å²) in [6, 6.07) is 34.1. The Hall–Kier alpha value is -3.48. The molecule has 0 spiro atoms. The molecule has 0 unspecified atom stereocenters. The predicted octanol–water partition coefficient (Wildman–Crippen LogP) is 7.16. The van der Waals surface area contributed by atoms with Gasteiger partial charge in [-0.15, -0.1) is 0 Å². The highest BCUT2D eigenvalue weighted by Crippen LogP contribution is 2.31. The van der Waals surface area contributed by atoms with Crippen LogP contribution in [0.25, 0.3) is 0 Å². The topological polar surface area (TPSA) is 63.6 Å².